The summed E-state index contributed by atoms with van der Waals surface area (Å²) in [6.45, 7) is -0.534. The van der Waals surface area contributed by atoms with Gasteiger partial charge in [-0.25, -0.2) is 0 Å². The quantitative estimate of drug-likeness (QED) is 0.385. The molecule has 0 aliphatic rings. The molecule has 1 atom stereocenters. The summed E-state index contributed by atoms with van der Waals surface area (Å²) in [7, 11) is 0. The van der Waals surface area contributed by atoms with E-state index in [1.807, 2.05) is 0 Å². The summed E-state index contributed by atoms with van der Waals surface area (Å²) in [4.78, 5) is 9.59. The van der Waals surface area contributed by atoms with Crippen LogP contribution in [0.2, 0.25) is 0 Å². The number of rotatable bonds is 3. The molecule has 9 heavy (non-hydrogen) atoms. The Bertz CT molecular complexity index is 84.6. The second kappa shape index (κ2) is 6.51. The maximum Gasteiger partial charge on any atom is 1.00 e. The first-order chi connectivity index (χ1) is 3.66. The van der Waals surface area contributed by atoms with Crippen molar-refractivity contribution < 1.29 is 49.7 Å². The molecule has 0 heterocycles. The van der Waals surface area contributed by atoms with Crippen molar-refractivity contribution in [3.63, 3.8) is 0 Å². The van der Waals surface area contributed by atoms with Crippen LogP contribution in [0.1, 0.15) is 6.42 Å². The minimum absolute atomic E-state index is 0. The molecule has 0 aliphatic heterocycles. The molecule has 0 fully saturated rings. The average Bonchev–Trinajstić information content (AvgIpc) is 1.65. The van der Waals surface area contributed by atoms with Crippen molar-refractivity contribution in [3.8, 4) is 0 Å². The standard InChI is InChI=1S/C4H8O4.Na/c5-2-3(6)1-4(7)8;/h3,5-6H,1-2H2,(H,7,8);/q;+1/p-1. The molecular weight excluding hydrogens is 135 g/mol. The van der Waals surface area contributed by atoms with Gasteiger partial charge in [-0.2, -0.15) is 0 Å². The zero-order valence-electron chi connectivity index (χ0n) is 5.20. The van der Waals surface area contributed by atoms with E-state index in [1.54, 1.807) is 0 Å². The minimum Gasteiger partial charge on any atom is -0.550 e. The summed E-state index contributed by atoms with van der Waals surface area (Å²) >= 11 is 0. The van der Waals surface area contributed by atoms with Gasteiger partial charge in [0.25, 0.3) is 0 Å². The van der Waals surface area contributed by atoms with Crippen molar-refractivity contribution in [1.82, 2.24) is 0 Å². The second-order valence-electron chi connectivity index (χ2n) is 1.41. The summed E-state index contributed by atoms with van der Waals surface area (Å²) in [5, 5.41) is 26.0. The van der Waals surface area contributed by atoms with E-state index in [4.69, 9.17) is 10.2 Å². The fourth-order valence-electron chi connectivity index (χ4n) is 0.257. The Morgan fingerprint density at radius 2 is 2.11 bits per heavy atom. The van der Waals surface area contributed by atoms with E-state index in [2.05, 4.69) is 0 Å². The number of aliphatic hydroxyl groups is 2. The predicted octanol–water partition coefficient (Wildman–Crippen LogP) is -5.52. The molecule has 48 valence electrons. The summed E-state index contributed by atoms with van der Waals surface area (Å²) in [6, 6.07) is 0. The Labute approximate surface area is 74.8 Å². The third-order valence-corrected chi connectivity index (χ3v) is 0.613. The number of aliphatic hydroxyl groups excluding tert-OH is 2. The summed E-state index contributed by atoms with van der Waals surface area (Å²) in [5.74, 6) is -1.36. The molecule has 0 rings (SSSR count). The van der Waals surface area contributed by atoms with Crippen LogP contribution in [0.3, 0.4) is 0 Å². The van der Waals surface area contributed by atoms with E-state index in [0.29, 0.717) is 0 Å². The Kier molecular flexibility index (Phi) is 8.75. The average molecular weight is 142 g/mol. The van der Waals surface area contributed by atoms with Gasteiger partial charge in [0.15, 0.2) is 0 Å². The minimum atomic E-state index is -1.36. The number of hydrogen-bond donors (Lipinski definition) is 2. The molecule has 0 aromatic heterocycles. The monoisotopic (exact) mass is 142 g/mol. The SMILES string of the molecule is O=C([O-])CC(O)CO.[Na+]. The number of hydrogen-bond acceptors (Lipinski definition) is 4. The zero-order valence-corrected chi connectivity index (χ0v) is 7.20. The summed E-state index contributed by atoms with van der Waals surface area (Å²) in [5.41, 5.74) is 0. The molecule has 0 aromatic rings. The maximum atomic E-state index is 9.59. The van der Waals surface area contributed by atoms with Crippen LogP contribution in [-0.2, 0) is 4.79 Å². The second-order valence-corrected chi connectivity index (χ2v) is 1.41. The fraction of sp³-hybridized carbons (Fsp3) is 0.750. The number of aliphatic carboxylic acids is 1. The van der Waals surface area contributed by atoms with E-state index in [9.17, 15) is 9.90 Å². The molecular formula is C4H7NaO4. The van der Waals surface area contributed by atoms with Gasteiger partial charge >= 0.3 is 29.6 Å². The molecule has 4 nitrogen and oxygen atoms in total. The van der Waals surface area contributed by atoms with Crippen LogP contribution < -0.4 is 34.7 Å². The van der Waals surface area contributed by atoms with Gasteiger partial charge in [0, 0.05) is 12.4 Å². The molecule has 0 aromatic carbocycles. The van der Waals surface area contributed by atoms with Gasteiger partial charge in [-0.3, -0.25) is 0 Å². The first kappa shape index (κ1) is 12.1. The third kappa shape index (κ3) is 8.39. The van der Waals surface area contributed by atoms with Gasteiger partial charge in [0.2, 0.25) is 0 Å². The molecule has 0 bridgehead atoms. The summed E-state index contributed by atoms with van der Waals surface area (Å²) in [6.07, 6.45) is -1.68. The molecule has 2 N–H and O–H groups in total. The van der Waals surface area contributed by atoms with Crippen molar-refractivity contribution in [2.75, 3.05) is 6.61 Å². The third-order valence-electron chi connectivity index (χ3n) is 0.613. The molecule has 5 heteroatoms. The predicted molar refractivity (Wildman–Crippen MR) is 22.7 cm³/mol. The van der Waals surface area contributed by atoms with Crippen LogP contribution in [0.5, 0.6) is 0 Å². The van der Waals surface area contributed by atoms with E-state index in [0.717, 1.165) is 0 Å². The Morgan fingerprint density at radius 1 is 1.67 bits per heavy atom. The molecule has 0 amide bonds. The van der Waals surface area contributed by atoms with Gasteiger partial charge in [0.1, 0.15) is 0 Å². The number of carboxylic acid groups (broad SMARTS) is 1. The van der Waals surface area contributed by atoms with Gasteiger partial charge in [-0.1, -0.05) is 0 Å². The van der Waals surface area contributed by atoms with Crippen LogP contribution >= 0.6 is 0 Å². The molecule has 0 radical (unpaired) electrons. The van der Waals surface area contributed by atoms with Crippen LogP contribution in [-0.4, -0.2) is 28.9 Å². The molecule has 0 saturated carbocycles. The van der Waals surface area contributed by atoms with Crippen LogP contribution in [0.4, 0.5) is 0 Å². The number of carbonyl (C=O) groups is 1. The van der Waals surface area contributed by atoms with E-state index < -0.39 is 25.1 Å². The van der Waals surface area contributed by atoms with Gasteiger partial charge in [-0.15, -0.1) is 0 Å². The molecule has 0 spiro atoms. The zero-order chi connectivity index (χ0) is 6.57. The van der Waals surface area contributed by atoms with Crippen molar-refractivity contribution in [1.29, 1.82) is 0 Å². The van der Waals surface area contributed by atoms with E-state index >= 15 is 0 Å². The fourth-order valence-corrected chi connectivity index (χ4v) is 0.257. The largest absolute Gasteiger partial charge is 1.00 e. The van der Waals surface area contributed by atoms with Crippen molar-refractivity contribution in [2.45, 2.75) is 12.5 Å². The molecule has 0 aliphatic carbocycles. The Balaban J connectivity index is 0. The van der Waals surface area contributed by atoms with Crippen LogP contribution in [0.15, 0.2) is 0 Å². The van der Waals surface area contributed by atoms with E-state index in [1.165, 1.54) is 0 Å². The van der Waals surface area contributed by atoms with Crippen LogP contribution in [0.25, 0.3) is 0 Å². The van der Waals surface area contributed by atoms with Crippen molar-refractivity contribution in [3.05, 3.63) is 0 Å². The number of carbonyl (C=O) groups excluding carboxylic acids is 1. The number of carboxylic acids is 1. The van der Waals surface area contributed by atoms with Crippen molar-refractivity contribution in [2.24, 2.45) is 0 Å². The van der Waals surface area contributed by atoms with Gasteiger partial charge in [0.05, 0.1) is 12.7 Å². The molecule has 1 unspecified atom stereocenters. The first-order valence-corrected chi connectivity index (χ1v) is 2.15. The van der Waals surface area contributed by atoms with E-state index in [-0.39, 0.29) is 29.6 Å². The topological polar surface area (TPSA) is 80.6 Å². The van der Waals surface area contributed by atoms with Gasteiger partial charge < -0.3 is 20.1 Å². The van der Waals surface area contributed by atoms with Crippen molar-refractivity contribution >= 4 is 5.97 Å². The molecule has 0 saturated heterocycles. The van der Waals surface area contributed by atoms with Crippen LogP contribution in [0, 0.1) is 0 Å². The normalized spacial score (nSPS) is 11.8. The van der Waals surface area contributed by atoms with Gasteiger partial charge in [-0.05, 0) is 0 Å². The smallest absolute Gasteiger partial charge is 0.550 e. The summed E-state index contributed by atoms with van der Waals surface area (Å²) < 4.78 is 0. The Morgan fingerprint density at radius 3 is 2.22 bits per heavy atom. The first-order valence-electron chi connectivity index (χ1n) is 2.15. The maximum absolute atomic E-state index is 9.59. The Hall–Kier alpha value is 0.390.